The lowest BCUT2D eigenvalue weighted by Crippen LogP contribution is -2.37. The molecule has 9 heteroatoms. The van der Waals surface area contributed by atoms with Gasteiger partial charge in [0.15, 0.2) is 11.5 Å². The number of amides is 1. The van der Waals surface area contributed by atoms with Crippen LogP contribution in [0.4, 0.5) is 5.95 Å². The first-order chi connectivity index (χ1) is 15.0. The second kappa shape index (κ2) is 10.6. The first-order valence-corrected chi connectivity index (χ1v) is 9.97. The zero-order chi connectivity index (χ0) is 22.2. The Kier molecular flexibility index (Phi) is 7.66. The van der Waals surface area contributed by atoms with Gasteiger partial charge in [0, 0.05) is 24.9 Å². The van der Waals surface area contributed by atoms with Crippen LogP contribution in [0, 0.1) is 6.92 Å². The number of morpholine rings is 1. The lowest BCUT2D eigenvalue weighted by molar-refractivity contribution is -0.116. The highest BCUT2D eigenvalue weighted by molar-refractivity contribution is 5.91. The van der Waals surface area contributed by atoms with Crippen LogP contribution < -0.4 is 24.4 Å². The van der Waals surface area contributed by atoms with Crippen LogP contribution in [0.3, 0.4) is 0 Å². The number of aryl methyl sites for hydroxylation is 1. The Balaban J connectivity index is 1.65. The predicted molar refractivity (Wildman–Crippen MR) is 117 cm³/mol. The van der Waals surface area contributed by atoms with Gasteiger partial charge in [-0.1, -0.05) is 0 Å². The fourth-order valence-corrected chi connectivity index (χ4v) is 3.22. The summed E-state index contributed by atoms with van der Waals surface area (Å²) in [7, 11) is 4.64. The molecule has 1 aromatic heterocycles. The molecule has 1 aromatic carbocycles. The van der Waals surface area contributed by atoms with Gasteiger partial charge in [-0.3, -0.25) is 4.79 Å². The van der Waals surface area contributed by atoms with E-state index in [-0.39, 0.29) is 5.91 Å². The van der Waals surface area contributed by atoms with E-state index >= 15 is 0 Å². The lowest BCUT2D eigenvalue weighted by atomic mass is 10.1. The summed E-state index contributed by atoms with van der Waals surface area (Å²) in [5.41, 5.74) is 2.36. The molecule has 2 heterocycles. The summed E-state index contributed by atoms with van der Waals surface area (Å²) in [5.74, 6) is 1.98. The van der Waals surface area contributed by atoms with Gasteiger partial charge in [0.25, 0.3) is 0 Å². The maximum Gasteiger partial charge on any atom is 0.244 e. The van der Waals surface area contributed by atoms with Crippen LogP contribution in [0.2, 0.25) is 0 Å². The Hall–Kier alpha value is -3.33. The highest BCUT2D eigenvalue weighted by Gasteiger charge is 2.15. The van der Waals surface area contributed by atoms with Crippen molar-refractivity contribution in [3.05, 3.63) is 41.2 Å². The Labute approximate surface area is 182 Å². The number of rotatable bonds is 8. The van der Waals surface area contributed by atoms with E-state index in [0.29, 0.717) is 43.0 Å². The molecule has 166 valence electrons. The van der Waals surface area contributed by atoms with E-state index in [1.807, 2.05) is 13.0 Å². The maximum atomic E-state index is 12.3. The first-order valence-electron chi connectivity index (χ1n) is 9.97. The predicted octanol–water partition coefficient (Wildman–Crippen LogP) is 1.98. The van der Waals surface area contributed by atoms with E-state index in [9.17, 15) is 4.79 Å². The first kappa shape index (κ1) is 22.4. The number of nitrogens with one attached hydrogen (secondary N) is 1. The SMILES string of the molecule is COc1cc(/C=C/C(=O)NCc2cc(C)nc(N3CCOCC3)n2)cc(OC)c1OC. The maximum absolute atomic E-state index is 12.3. The van der Waals surface area contributed by atoms with Gasteiger partial charge in [0.1, 0.15) is 0 Å². The molecule has 2 aromatic rings. The van der Waals surface area contributed by atoms with Crippen LogP contribution in [-0.4, -0.2) is 63.5 Å². The Bertz CT molecular complexity index is 916. The van der Waals surface area contributed by atoms with Gasteiger partial charge in [-0.25, -0.2) is 9.97 Å². The molecule has 0 atom stereocenters. The Morgan fingerprint density at radius 2 is 1.77 bits per heavy atom. The zero-order valence-electron chi connectivity index (χ0n) is 18.3. The number of carbonyl (C=O) groups is 1. The van der Waals surface area contributed by atoms with Crippen molar-refractivity contribution >= 4 is 17.9 Å². The normalized spacial score (nSPS) is 13.9. The fourth-order valence-electron chi connectivity index (χ4n) is 3.22. The summed E-state index contributed by atoms with van der Waals surface area (Å²) in [5, 5.41) is 2.86. The van der Waals surface area contributed by atoms with Crippen LogP contribution in [-0.2, 0) is 16.1 Å². The Morgan fingerprint density at radius 3 is 2.39 bits per heavy atom. The van der Waals surface area contributed by atoms with Crippen molar-refractivity contribution in [2.24, 2.45) is 0 Å². The highest BCUT2D eigenvalue weighted by atomic mass is 16.5. The molecule has 1 aliphatic heterocycles. The summed E-state index contributed by atoms with van der Waals surface area (Å²) in [6.07, 6.45) is 3.14. The summed E-state index contributed by atoms with van der Waals surface area (Å²) in [6, 6.07) is 5.41. The number of hydrogen-bond donors (Lipinski definition) is 1. The molecule has 3 rings (SSSR count). The van der Waals surface area contributed by atoms with Gasteiger partial charge in [-0.2, -0.15) is 0 Å². The summed E-state index contributed by atoms with van der Waals surface area (Å²) in [4.78, 5) is 23.5. The Morgan fingerprint density at radius 1 is 1.10 bits per heavy atom. The van der Waals surface area contributed by atoms with Gasteiger partial charge in [-0.05, 0) is 36.8 Å². The third kappa shape index (κ3) is 5.85. The van der Waals surface area contributed by atoms with E-state index in [1.165, 1.54) is 6.08 Å². The zero-order valence-corrected chi connectivity index (χ0v) is 18.3. The number of aromatic nitrogens is 2. The molecule has 1 N–H and O–H groups in total. The van der Waals surface area contributed by atoms with Crippen molar-refractivity contribution in [2.45, 2.75) is 13.5 Å². The second-order valence-corrected chi connectivity index (χ2v) is 6.91. The van der Waals surface area contributed by atoms with E-state index < -0.39 is 0 Å². The lowest BCUT2D eigenvalue weighted by Gasteiger charge is -2.27. The molecule has 31 heavy (non-hydrogen) atoms. The monoisotopic (exact) mass is 428 g/mol. The molecule has 1 amide bonds. The van der Waals surface area contributed by atoms with Crippen molar-refractivity contribution < 1.29 is 23.7 Å². The van der Waals surface area contributed by atoms with Gasteiger partial charge in [-0.15, -0.1) is 0 Å². The standard InChI is InChI=1S/C22H28N4O5/c1-15-11-17(25-22(24-15)26-7-9-31-10-8-26)14-23-20(27)6-5-16-12-18(28-2)21(30-4)19(13-16)29-3/h5-6,11-13H,7-10,14H2,1-4H3,(H,23,27)/b6-5+. The van der Waals surface area contributed by atoms with Crippen molar-refractivity contribution in [1.82, 2.24) is 15.3 Å². The smallest absolute Gasteiger partial charge is 0.244 e. The summed E-state index contributed by atoms with van der Waals surface area (Å²) < 4.78 is 21.4. The van der Waals surface area contributed by atoms with Crippen molar-refractivity contribution in [1.29, 1.82) is 0 Å². The van der Waals surface area contributed by atoms with E-state index in [0.717, 1.165) is 30.0 Å². The third-order valence-corrected chi connectivity index (χ3v) is 4.75. The van der Waals surface area contributed by atoms with Crippen LogP contribution in [0.5, 0.6) is 17.2 Å². The average molecular weight is 428 g/mol. The van der Waals surface area contributed by atoms with E-state index in [2.05, 4.69) is 20.2 Å². The van der Waals surface area contributed by atoms with Gasteiger partial charge in [0.2, 0.25) is 17.6 Å². The largest absolute Gasteiger partial charge is 0.493 e. The van der Waals surface area contributed by atoms with Crippen molar-refractivity contribution in [3.8, 4) is 17.2 Å². The molecule has 0 saturated carbocycles. The van der Waals surface area contributed by atoms with E-state index in [4.69, 9.17) is 18.9 Å². The molecular formula is C22H28N4O5. The minimum atomic E-state index is -0.238. The van der Waals surface area contributed by atoms with Crippen LogP contribution in [0.25, 0.3) is 6.08 Å². The number of carbonyl (C=O) groups excluding carboxylic acids is 1. The molecule has 0 bridgehead atoms. The number of anilines is 1. The molecule has 0 aliphatic carbocycles. The quantitative estimate of drug-likeness (QED) is 0.638. The van der Waals surface area contributed by atoms with Crippen LogP contribution in [0.15, 0.2) is 24.3 Å². The summed E-state index contributed by atoms with van der Waals surface area (Å²) in [6.45, 7) is 5.06. The number of hydrogen-bond acceptors (Lipinski definition) is 8. The minimum Gasteiger partial charge on any atom is -0.493 e. The topological polar surface area (TPSA) is 95.0 Å². The third-order valence-electron chi connectivity index (χ3n) is 4.75. The number of benzene rings is 1. The van der Waals surface area contributed by atoms with Gasteiger partial charge < -0.3 is 29.2 Å². The molecule has 1 aliphatic rings. The fraction of sp³-hybridized carbons (Fsp3) is 0.409. The van der Waals surface area contributed by atoms with Crippen molar-refractivity contribution in [3.63, 3.8) is 0 Å². The van der Waals surface area contributed by atoms with E-state index in [1.54, 1.807) is 39.5 Å². The highest BCUT2D eigenvalue weighted by Crippen LogP contribution is 2.38. The van der Waals surface area contributed by atoms with Gasteiger partial charge >= 0.3 is 0 Å². The minimum absolute atomic E-state index is 0.238. The number of methoxy groups -OCH3 is 3. The second-order valence-electron chi connectivity index (χ2n) is 6.91. The number of ether oxygens (including phenoxy) is 4. The van der Waals surface area contributed by atoms with Crippen LogP contribution in [0.1, 0.15) is 17.0 Å². The molecule has 0 unspecified atom stereocenters. The molecule has 1 fully saturated rings. The van der Waals surface area contributed by atoms with Crippen LogP contribution >= 0.6 is 0 Å². The molecular weight excluding hydrogens is 400 g/mol. The molecule has 9 nitrogen and oxygen atoms in total. The van der Waals surface area contributed by atoms with Crippen molar-refractivity contribution in [2.75, 3.05) is 52.5 Å². The molecule has 1 saturated heterocycles. The molecule has 0 spiro atoms. The number of nitrogens with zero attached hydrogens (tertiary/aromatic N) is 3. The summed E-state index contributed by atoms with van der Waals surface area (Å²) >= 11 is 0. The van der Waals surface area contributed by atoms with Gasteiger partial charge in [0.05, 0.1) is 46.8 Å². The molecule has 0 radical (unpaired) electrons. The average Bonchev–Trinajstić information content (AvgIpc) is 2.80.